The highest BCUT2D eigenvalue weighted by molar-refractivity contribution is 9.10. The Bertz CT molecular complexity index is 605. The summed E-state index contributed by atoms with van der Waals surface area (Å²) in [5, 5.41) is 2.51. The molecule has 21 heavy (non-hydrogen) atoms. The van der Waals surface area contributed by atoms with E-state index in [-0.39, 0.29) is 17.8 Å². The van der Waals surface area contributed by atoms with Gasteiger partial charge >= 0.3 is 12.0 Å². The molecule has 1 aromatic rings. The van der Waals surface area contributed by atoms with E-state index in [0.29, 0.717) is 11.0 Å². The lowest BCUT2D eigenvalue weighted by molar-refractivity contribution is -0.136. The normalized spacial score (nSPS) is 15.5. The summed E-state index contributed by atoms with van der Waals surface area (Å²) in [5.74, 6) is -1.28. The minimum atomic E-state index is -1.07. The van der Waals surface area contributed by atoms with Crippen LogP contribution >= 0.6 is 15.9 Å². The van der Waals surface area contributed by atoms with Crippen molar-refractivity contribution in [2.24, 2.45) is 0 Å². The van der Waals surface area contributed by atoms with Gasteiger partial charge in [0.1, 0.15) is 0 Å². The second kappa shape index (κ2) is 6.13. The van der Waals surface area contributed by atoms with E-state index in [4.69, 9.17) is 10.5 Å². The summed E-state index contributed by atoms with van der Waals surface area (Å²) in [4.78, 5) is 36.5. The molecule has 0 aliphatic carbocycles. The third-order valence-electron chi connectivity index (χ3n) is 2.99. The molecule has 0 aromatic heterocycles. The van der Waals surface area contributed by atoms with E-state index in [0.717, 1.165) is 4.90 Å². The van der Waals surface area contributed by atoms with Gasteiger partial charge in [0.05, 0.1) is 5.56 Å². The van der Waals surface area contributed by atoms with Crippen molar-refractivity contribution in [2.45, 2.75) is 13.0 Å². The monoisotopic (exact) mass is 355 g/mol. The van der Waals surface area contributed by atoms with Gasteiger partial charge in [0.15, 0.2) is 6.10 Å². The van der Waals surface area contributed by atoms with Crippen LogP contribution < -0.4 is 11.1 Å². The number of nitrogens with two attached hydrogens (primary N) is 1. The number of imide groups is 1. The van der Waals surface area contributed by atoms with Crippen molar-refractivity contribution in [3.63, 3.8) is 0 Å². The number of benzene rings is 1. The predicted molar refractivity (Wildman–Crippen MR) is 78.5 cm³/mol. The number of anilines is 1. The topological polar surface area (TPSA) is 102 Å². The van der Waals surface area contributed by atoms with Gasteiger partial charge < -0.3 is 15.8 Å². The Morgan fingerprint density at radius 3 is 2.81 bits per heavy atom. The lowest BCUT2D eigenvalue weighted by Crippen LogP contribution is -2.41. The zero-order valence-electron chi connectivity index (χ0n) is 11.3. The molecule has 3 amide bonds. The number of amides is 3. The summed E-state index contributed by atoms with van der Waals surface area (Å²) in [7, 11) is 0. The van der Waals surface area contributed by atoms with Gasteiger partial charge in [-0.15, -0.1) is 0 Å². The minimum Gasteiger partial charge on any atom is -0.449 e. The Morgan fingerprint density at radius 1 is 1.48 bits per heavy atom. The van der Waals surface area contributed by atoms with Crippen molar-refractivity contribution in [2.75, 3.05) is 18.8 Å². The SMILES string of the molecule is C[C@H](OC(=O)c1cc(Br)ccc1N)C(=O)N1CCNC1=O. The first-order chi connectivity index (χ1) is 9.90. The number of halogens is 1. The molecule has 0 bridgehead atoms. The molecule has 1 atom stereocenters. The van der Waals surface area contributed by atoms with Gasteiger partial charge in [0.25, 0.3) is 5.91 Å². The van der Waals surface area contributed by atoms with Crippen LogP contribution in [0.15, 0.2) is 22.7 Å². The van der Waals surface area contributed by atoms with E-state index < -0.39 is 24.0 Å². The molecule has 8 heteroatoms. The van der Waals surface area contributed by atoms with Crippen LogP contribution in [0.4, 0.5) is 10.5 Å². The molecule has 1 aliphatic rings. The first-order valence-corrected chi connectivity index (χ1v) is 7.04. The molecule has 0 saturated carbocycles. The number of carbonyl (C=O) groups excluding carboxylic acids is 3. The van der Waals surface area contributed by atoms with Crippen LogP contribution in [0.1, 0.15) is 17.3 Å². The quantitative estimate of drug-likeness (QED) is 0.625. The molecule has 0 unspecified atom stereocenters. The Balaban J connectivity index is 2.06. The fraction of sp³-hybridized carbons (Fsp3) is 0.308. The molecular weight excluding hydrogens is 342 g/mol. The Hall–Kier alpha value is -2.09. The highest BCUT2D eigenvalue weighted by atomic mass is 79.9. The van der Waals surface area contributed by atoms with Gasteiger partial charge in [-0.1, -0.05) is 15.9 Å². The summed E-state index contributed by atoms with van der Waals surface area (Å²) in [6, 6.07) is 4.28. The molecule has 3 N–H and O–H groups in total. The van der Waals surface area contributed by atoms with Crippen molar-refractivity contribution in [3.05, 3.63) is 28.2 Å². The molecule has 1 aromatic carbocycles. The highest BCUT2D eigenvalue weighted by Crippen LogP contribution is 2.20. The number of urea groups is 1. The van der Waals surface area contributed by atoms with E-state index >= 15 is 0 Å². The Labute approximate surface area is 129 Å². The van der Waals surface area contributed by atoms with Crippen LogP contribution in [0.2, 0.25) is 0 Å². The van der Waals surface area contributed by atoms with Gasteiger partial charge in [-0.2, -0.15) is 0 Å². The molecule has 1 fully saturated rings. The predicted octanol–water partition coefficient (Wildman–Crippen LogP) is 1.13. The van der Waals surface area contributed by atoms with E-state index in [1.54, 1.807) is 12.1 Å². The molecule has 1 heterocycles. The number of rotatable bonds is 3. The maximum atomic E-state index is 12.0. The Kier molecular flexibility index (Phi) is 4.46. The number of hydrogen-bond acceptors (Lipinski definition) is 5. The van der Waals surface area contributed by atoms with Crippen LogP contribution in [-0.2, 0) is 9.53 Å². The highest BCUT2D eigenvalue weighted by Gasteiger charge is 2.32. The first kappa shape index (κ1) is 15.3. The number of ether oxygens (including phenoxy) is 1. The van der Waals surface area contributed by atoms with E-state index in [2.05, 4.69) is 21.2 Å². The molecule has 1 saturated heterocycles. The maximum absolute atomic E-state index is 12.0. The van der Waals surface area contributed by atoms with Crippen LogP contribution in [-0.4, -0.2) is 42.0 Å². The van der Waals surface area contributed by atoms with Gasteiger partial charge in [0.2, 0.25) is 0 Å². The second-order valence-corrected chi connectivity index (χ2v) is 5.42. The number of hydrogen-bond donors (Lipinski definition) is 2. The number of nitrogens with one attached hydrogen (secondary N) is 1. The summed E-state index contributed by atoms with van der Waals surface area (Å²) >= 11 is 3.23. The molecule has 1 aliphatic heterocycles. The maximum Gasteiger partial charge on any atom is 0.341 e. The third-order valence-corrected chi connectivity index (χ3v) is 3.48. The summed E-state index contributed by atoms with van der Waals surface area (Å²) in [6.45, 7) is 2.07. The van der Waals surface area contributed by atoms with Gasteiger partial charge in [0, 0.05) is 23.2 Å². The smallest absolute Gasteiger partial charge is 0.341 e. The van der Waals surface area contributed by atoms with Gasteiger partial charge in [-0.3, -0.25) is 9.69 Å². The van der Waals surface area contributed by atoms with Crippen molar-refractivity contribution < 1.29 is 19.1 Å². The van der Waals surface area contributed by atoms with Crippen molar-refractivity contribution in [1.29, 1.82) is 0 Å². The summed E-state index contributed by atoms with van der Waals surface area (Å²) in [5.41, 5.74) is 6.12. The average Bonchev–Trinajstić information content (AvgIpc) is 2.86. The summed E-state index contributed by atoms with van der Waals surface area (Å²) < 4.78 is 5.75. The zero-order valence-corrected chi connectivity index (χ0v) is 12.8. The number of carbonyl (C=O) groups is 3. The molecule has 0 spiro atoms. The minimum absolute atomic E-state index is 0.162. The largest absolute Gasteiger partial charge is 0.449 e. The fourth-order valence-electron chi connectivity index (χ4n) is 1.88. The molecule has 0 radical (unpaired) electrons. The average molecular weight is 356 g/mol. The van der Waals surface area contributed by atoms with Crippen LogP contribution in [0.25, 0.3) is 0 Å². The molecular formula is C13H14BrN3O4. The zero-order chi connectivity index (χ0) is 15.6. The van der Waals surface area contributed by atoms with Crippen molar-refractivity contribution in [1.82, 2.24) is 10.2 Å². The van der Waals surface area contributed by atoms with Gasteiger partial charge in [-0.05, 0) is 25.1 Å². The number of nitrogen functional groups attached to an aromatic ring is 1. The summed E-state index contributed by atoms with van der Waals surface area (Å²) in [6.07, 6.45) is -1.07. The third kappa shape index (κ3) is 3.33. The van der Waals surface area contributed by atoms with E-state index in [1.165, 1.54) is 13.0 Å². The van der Waals surface area contributed by atoms with Crippen molar-refractivity contribution >= 4 is 39.5 Å². The van der Waals surface area contributed by atoms with Crippen LogP contribution in [0.5, 0.6) is 0 Å². The van der Waals surface area contributed by atoms with Crippen LogP contribution in [0.3, 0.4) is 0 Å². The Morgan fingerprint density at radius 2 is 2.19 bits per heavy atom. The number of nitrogens with zero attached hydrogens (tertiary/aromatic N) is 1. The molecule has 7 nitrogen and oxygen atoms in total. The lowest BCUT2D eigenvalue weighted by Gasteiger charge is -2.18. The standard InChI is InChI=1S/C13H14BrN3O4/c1-7(11(18)17-5-4-16-13(17)20)21-12(19)9-6-8(14)2-3-10(9)15/h2-3,6-7H,4-5,15H2,1H3,(H,16,20)/t7-/m0/s1. The second-order valence-electron chi connectivity index (χ2n) is 4.50. The van der Waals surface area contributed by atoms with Gasteiger partial charge in [-0.25, -0.2) is 9.59 Å². The first-order valence-electron chi connectivity index (χ1n) is 6.25. The van der Waals surface area contributed by atoms with Crippen LogP contribution in [0, 0.1) is 0 Å². The molecule has 112 valence electrons. The fourth-order valence-corrected chi connectivity index (χ4v) is 2.24. The van der Waals surface area contributed by atoms with E-state index in [1.807, 2.05) is 0 Å². The van der Waals surface area contributed by atoms with E-state index in [9.17, 15) is 14.4 Å². The van der Waals surface area contributed by atoms with Crippen molar-refractivity contribution in [3.8, 4) is 0 Å². The molecule has 2 rings (SSSR count). The lowest BCUT2D eigenvalue weighted by atomic mass is 10.2. The number of esters is 1.